The van der Waals surface area contributed by atoms with Gasteiger partial charge in [0, 0.05) is 16.5 Å². The van der Waals surface area contributed by atoms with Crippen LogP contribution in [0.5, 0.6) is 0 Å². The topological polar surface area (TPSA) is 0 Å². The molecule has 36 valence electrons. The average Bonchev–Trinajstić information content (AvgIpc) is 1.37. The molecule has 0 aliphatic rings. The van der Waals surface area contributed by atoms with E-state index in [1.807, 2.05) is 0 Å². The summed E-state index contributed by atoms with van der Waals surface area (Å²) in [5.74, 6) is 1.76. The van der Waals surface area contributed by atoms with E-state index in [1.54, 1.807) is 0 Å². The van der Waals surface area contributed by atoms with Gasteiger partial charge in [0.15, 0.2) is 0 Å². The molecular formula is C2H6NiS2. The molecule has 0 spiro atoms. The molecule has 0 saturated carbocycles. The molecule has 0 fully saturated rings. The first-order chi connectivity index (χ1) is 1.91. The van der Waals surface area contributed by atoms with Gasteiger partial charge >= 0.3 is 0 Å². The Kier molecular flexibility index (Phi) is 17.0. The SMILES string of the molecule is SCCS.[Ni]. The van der Waals surface area contributed by atoms with E-state index in [0.717, 1.165) is 11.5 Å². The monoisotopic (exact) mass is 152 g/mol. The van der Waals surface area contributed by atoms with Crippen molar-refractivity contribution in [1.82, 2.24) is 0 Å². The van der Waals surface area contributed by atoms with E-state index in [0.29, 0.717) is 0 Å². The minimum absolute atomic E-state index is 0. The third-order valence-electron chi connectivity index (χ3n) is 0.1000. The number of rotatable bonds is 1. The second kappa shape index (κ2) is 8.96. The summed E-state index contributed by atoms with van der Waals surface area (Å²) in [7, 11) is 0. The molecule has 0 saturated heterocycles. The summed E-state index contributed by atoms with van der Waals surface area (Å²) < 4.78 is 0. The number of hydrogen-bond donors (Lipinski definition) is 2. The minimum Gasteiger partial charge on any atom is -0.179 e. The van der Waals surface area contributed by atoms with Crippen LogP contribution in [0.3, 0.4) is 0 Å². The zero-order valence-electron chi connectivity index (χ0n) is 2.62. The van der Waals surface area contributed by atoms with Crippen molar-refractivity contribution in [1.29, 1.82) is 0 Å². The maximum atomic E-state index is 3.84. The zero-order chi connectivity index (χ0) is 3.41. The molecule has 0 radical (unpaired) electrons. The second-order valence-corrected chi connectivity index (χ2v) is 1.34. The van der Waals surface area contributed by atoms with Crippen LogP contribution in [-0.4, -0.2) is 11.5 Å². The number of thiol groups is 2. The summed E-state index contributed by atoms with van der Waals surface area (Å²) in [4.78, 5) is 0. The van der Waals surface area contributed by atoms with Crippen LogP contribution in [0.2, 0.25) is 0 Å². The van der Waals surface area contributed by atoms with Gasteiger partial charge in [-0.15, -0.1) is 0 Å². The fraction of sp³-hybridized carbons (Fsp3) is 1.00. The van der Waals surface area contributed by atoms with Crippen molar-refractivity contribution in [2.24, 2.45) is 0 Å². The fourth-order valence-electron chi connectivity index (χ4n) is 0. The van der Waals surface area contributed by atoms with Gasteiger partial charge in [-0.05, 0) is 11.5 Å². The van der Waals surface area contributed by atoms with Gasteiger partial charge in [-0.2, -0.15) is 25.3 Å². The van der Waals surface area contributed by atoms with Gasteiger partial charge in [0.05, 0.1) is 0 Å². The van der Waals surface area contributed by atoms with Crippen molar-refractivity contribution >= 4 is 25.3 Å². The predicted molar refractivity (Wildman–Crippen MR) is 27.7 cm³/mol. The van der Waals surface area contributed by atoms with Crippen LogP contribution < -0.4 is 0 Å². The van der Waals surface area contributed by atoms with E-state index >= 15 is 0 Å². The molecule has 0 bridgehead atoms. The molecule has 5 heavy (non-hydrogen) atoms. The first-order valence-corrected chi connectivity index (χ1v) is 2.40. The van der Waals surface area contributed by atoms with Crippen molar-refractivity contribution in [2.75, 3.05) is 11.5 Å². The average molecular weight is 153 g/mol. The van der Waals surface area contributed by atoms with Crippen LogP contribution in [0.4, 0.5) is 0 Å². The largest absolute Gasteiger partial charge is 0.179 e. The first-order valence-electron chi connectivity index (χ1n) is 1.13. The molecule has 0 rings (SSSR count). The molecule has 0 atom stereocenters. The summed E-state index contributed by atoms with van der Waals surface area (Å²) in [5, 5.41) is 0. The standard InChI is InChI=1S/C2H6S2.Ni/c3-1-2-4;/h3-4H,1-2H2;. The predicted octanol–water partition coefficient (Wildman–Crippen LogP) is 0.843. The van der Waals surface area contributed by atoms with Gasteiger partial charge in [0.25, 0.3) is 0 Å². The molecule has 0 nitrogen and oxygen atoms in total. The Morgan fingerprint density at radius 1 is 1.00 bits per heavy atom. The molecule has 0 heterocycles. The van der Waals surface area contributed by atoms with Crippen LogP contribution >= 0.6 is 25.3 Å². The van der Waals surface area contributed by atoms with Gasteiger partial charge in [-0.25, -0.2) is 0 Å². The summed E-state index contributed by atoms with van der Waals surface area (Å²) in [5.41, 5.74) is 0. The van der Waals surface area contributed by atoms with Gasteiger partial charge < -0.3 is 0 Å². The molecule has 0 aromatic rings. The van der Waals surface area contributed by atoms with Crippen molar-refractivity contribution in [3.8, 4) is 0 Å². The van der Waals surface area contributed by atoms with Crippen LogP contribution in [0.15, 0.2) is 0 Å². The maximum absolute atomic E-state index is 3.84. The third-order valence-corrected chi connectivity index (χ3v) is 0.900. The zero-order valence-corrected chi connectivity index (χ0v) is 5.40. The molecule has 0 N–H and O–H groups in total. The Labute approximate surface area is 53.5 Å². The van der Waals surface area contributed by atoms with Crippen molar-refractivity contribution in [3.05, 3.63) is 0 Å². The Bertz CT molecular complexity index is 9.61. The smallest absolute Gasteiger partial charge is 0 e. The second-order valence-electron chi connectivity index (χ2n) is 0.447. The molecule has 3 heteroatoms. The molecule has 0 aliphatic heterocycles. The van der Waals surface area contributed by atoms with E-state index in [2.05, 4.69) is 25.3 Å². The Balaban J connectivity index is 0. The molecule has 0 aliphatic carbocycles. The summed E-state index contributed by atoms with van der Waals surface area (Å²) in [6.45, 7) is 0. The third kappa shape index (κ3) is 11.0. The van der Waals surface area contributed by atoms with Crippen molar-refractivity contribution in [2.45, 2.75) is 0 Å². The van der Waals surface area contributed by atoms with Gasteiger partial charge in [-0.1, -0.05) is 0 Å². The van der Waals surface area contributed by atoms with Crippen molar-refractivity contribution in [3.63, 3.8) is 0 Å². The van der Waals surface area contributed by atoms with Crippen LogP contribution in [0, 0.1) is 0 Å². The molecule has 0 amide bonds. The molecule has 0 aromatic carbocycles. The van der Waals surface area contributed by atoms with Gasteiger partial charge in [0.1, 0.15) is 0 Å². The Morgan fingerprint density at radius 3 is 1.20 bits per heavy atom. The Hall–Kier alpha value is 1.19. The van der Waals surface area contributed by atoms with E-state index in [-0.39, 0.29) is 16.5 Å². The van der Waals surface area contributed by atoms with E-state index < -0.39 is 0 Å². The van der Waals surface area contributed by atoms with E-state index in [1.165, 1.54) is 0 Å². The van der Waals surface area contributed by atoms with Gasteiger partial charge in [-0.3, -0.25) is 0 Å². The number of hydrogen-bond acceptors (Lipinski definition) is 2. The first kappa shape index (κ1) is 9.50. The van der Waals surface area contributed by atoms with Crippen molar-refractivity contribution < 1.29 is 16.5 Å². The summed E-state index contributed by atoms with van der Waals surface area (Å²) in [6, 6.07) is 0. The maximum Gasteiger partial charge on any atom is 0 e. The molecule has 0 aromatic heterocycles. The molecule has 0 unspecified atom stereocenters. The normalized spacial score (nSPS) is 6.00. The van der Waals surface area contributed by atoms with E-state index in [9.17, 15) is 0 Å². The summed E-state index contributed by atoms with van der Waals surface area (Å²) in [6.07, 6.45) is 0. The van der Waals surface area contributed by atoms with Crippen LogP contribution in [-0.2, 0) is 16.5 Å². The van der Waals surface area contributed by atoms with Gasteiger partial charge in [0.2, 0.25) is 0 Å². The Morgan fingerprint density at radius 2 is 1.20 bits per heavy atom. The fourth-order valence-corrected chi connectivity index (χ4v) is 0. The quantitative estimate of drug-likeness (QED) is 0.404. The van der Waals surface area contributed by atoms with Crippen LogP contribution in [0.25, 0.3) is 0 Å². The van der Waals surface area contributed by atoms with E-state index in [4.69, 9.17) is 0 Å². The van der Waals surface area contributed by atoms with Crippen LogP contribution in [0.1, 0.15) is 0 Å². The molecular weight excluding hydrogens is 147 g/mol. The summed E-state index contributed by atoms with van der Waals surface area (Å²) >= 11 is 7.69. The minimum atomic E-state index is 0.